The van der Waals surface area contributed by atoms with Crippen LogP contribution in [0.2, 0.25) is 0 Å². The molecule has 0 bridgehead atoms. The molecule has 4 N–H and O–H groups in total. The van der Waals surface area contributed by atoms with E-state index in [0.717, 1.165) is 25.8 Å². The van der Waals surface area contributed by atoms with Crippen molar-refractivity contribution in [3.8, 4) is 5.75 Å². The van der Waals surface area contributed by atoms with E-state index in [-0.39, 0.29) is 49.1 Å². The van der Waals surface area contributed by atoms with E-state index in [1.807, 2.05) is 32.8 Å². The van der Waals surface area contributed by atoms with Gasteiger partial charge in [-0.25, -0.2) is 0 Å². The first-order valence-electron chi connectivity index (χ1n) is 13.7. The van der Waals surface area contributed by atoms with Gasteiger partial charge in [-0.15, -0.1) is 0 Å². The molecule has 0 saturated heterocycles. The molecule has 2 aliphatic rings. The molecule has 1 aromatic carbocycles. The molecule has 210 valence electrons. The van der Waals surface area contributed by atoms with Gasteiger partial charge in [0.1, 0.15) is 23.9 Å². The highest BCUT2D eigenvalue weighted by Gasteiger charge is 2.43. The van der Waals surface area contributed by atoms with Gasteiger partial charge in [-0.3, -0.25) is 19.2 Å². The third-order valence-corrected chi connectivity index (χ3v) is 7.30. The minimum atomic E-state index is -0.977. The van der Waals surface area contributed by atoms with E-state index < -0.39 is 17.5 Å². The Morgan fingerprint density at radius 3 is 2.53 bits per heavy atom. The molecule has 1 aromatic rings. The van der Waals surface area contributed by atoms with Gasteiger partial charge in [-0.2, -0.15) is 0 Å². The van der Waals surface area contributed by atoms with Crippen LogP contribution in [-0.4, -0.2) is 79.9 Å². The van der Waals surface area contributed by atoms with Gasteiger partial charge in [0.05, 0.1) is 11.6 Å². The number of hydrogen-bond donors (Lipinski definition) is 4. The maximum absolute atomic E-state index is 13.5. The summed E-state index contributed by atoms with van der Waals surface area (Å²) >= 11 is 0. The molecule has 4 amide bonds. The van der Waals surface area contributed by atoms with Gasteiger partial charge >= 0.3 is 0 Å². The lowest BCUT2D eigenvalue weighted by Crippen LogP contribution is -2.60. The van der Waals surface area contributed by atoms with Crippen molar-refractivity contribution in [1.29, 1.82) is 0 Å². The number of fused-ring (bicyclic) bond motifs is 1. The van der Waals surface area contributed by atoms with Crippen molar-refractivity contribution >= 4 is 23.6 Å². The van der Waals surface area contributed by atoms with Crippen LogP contribution in [0, 0.1) is 5.92 Å². The zero-order valence-corrected chi connectivity index (χ0v) is 23.1. The van der Waals surface area contributed by atoms with Crippen molar-refractivity contribution in [3.05, 3.63) is 29.8 Å². The van der Waals surface area contributed by atoms with E-state index in [1.54, 1.807) is 24.3 Å². The number of carbonyl (C=O) groups excluding carboxylic acids is 4. The van der Waals surface area contributed by atoms with Crippen LogP contribution in [0.3, 0.4) is 0 Å². The lowest BCUT2D eigenvalue weighted by atomic mass is 9.94. The first kappa shape index (κ1) is 29.4. The first-order chi connectivity index (χ1) is 18.1. The van der Waals surface area contributed by atoms with E-state index in [4.69, 9.17) is 4.74 Å². The van der Waals surface area contributed by atoms with Crippen LogP contribution in [0.25, 0.3) is 0 Å². The molecule has 0 aromatic heterocycles. The normalized spacial score (nSPS) is 22.5. The molecule has 2 atom stereocenters. The minimum Gasteiger partial charge on any atom is -0.491 e. The first-order valence-corrected chi connectivity index (χ1v) is 13.7. The zero-order valence-electron chi connectivity index (χ0n) is 23.1. The van der Waals surface area contributed by atoms with Crippen molar-refractivity contribution in [2.45, 2.75) is 76.4 Å². The standard InChI is InChI=1S/C28H43N5O5/c1-19(2)22-18-38-23-11-6-5-10-20(23)25(35)30-21(26(36)29-16-9-17-33(3)4)12-13-24(34)32-28(27(37)31-22)14-7-8-15-28/h5-6,10-11,19,21-22H,7-9,12-18H2,1-4H3,(H,29,36)(H,30,35)(H,31,37)(H,32,34)/t21-,22+/m0/s1. The molecule has 1 heterocycles. The summed E-state index contributed by atoms with van der Waals surface area (Å²) in [5, 5.41) is 11.8. The summed E-state index contributed by atoms with van der Waals surface area (Å²) in [5.41, 5.74) is -0.687. The van der Waals surface area contributed by atoms with E-state index in [0.29, 0.717) is 30.7 Å². The van der Waals surface area contributed by atoms with Gasteiger partial charge in [0.15, 0.2) is 0 Å². The predicted octanol–water partition coefficient (Wildman–Crippen LogP) is 1.60. The van der Waals surface area contributed by atoms with E-state index in [9.17, 15) is 19.2 Å². The predicted molar refractivity (Wildman–Crippen MR) is 145 cm³/mol. The van der Waals surface area contributed by atoms with Gasteiger partial charge < -0.3 is 30.9 Å². The molecule has 3 rings (SSSR count). The fourth-order valence-corrected chi connectivity index (χ4v) is 4.89. The van der Waals surface area contributed by atoms with Crippen LogP contribution in [0.1, 0.15) is 69.2 Å². The molecule has 1 aliphatic carbocycles. The van der Waals surface area contributed by atoms with Gasteiger partial charge in [0.2, 0.25) is 17.7 Å². The Bertz CT molecular complexity index is 990. The van der Waals surface area contributed by atoms with Crippen LogP contribution >= 0.6 is 0 Å². The van der Waals surface area contributed by atoms with Gasteiger partial charge in [-0.05, 0) is 64.4 Å². The number of ether oxygens (including phenoxy) is 1. The molecule has 1 aliphatic heterocycles. The fourth-order valence-electron chi connectivity index (χ4n) is 4.89. The lowest BCUT2D eigenvalue weighted by Gasteiger charge is -2.32. The molecule has 10 nitrogen and oxygen atoms in total. The van der Waals surface area contributed by atoms with Gasteiger partial charge in [-0.1, -0.05) is 38.8 Å². The molecule has 1 saturated carbocycles. The third-order valence-electron chi connectivity index (χ3n) is 7.30. The second-order valence-electron chi connectivity index (χ2n) is 11.0. The highest BCUT2D eigenvalue weighted by molar-refractivity contribution is 6.00. The van der Waals surface area contributed by atoms with Crippen molar-refractivity contribution in [1.82, 2.24) is 26.2 Å². The molecule has 0 unspecified atom stereocenters. The van der Waals surface area contributed by atoms with E-state index in [2.05, 4.69) is 21.3 Å². The molecular weight excluding hydrogens is 486 g/mol. The molecule has 1 spiro atoms. The van der Waals surface area contributed by atoms with E-state index >= 15 is 0 Å². The average Bonchev–Trinajstić information content (AvgIpc) is 3.35. The maximum Gasteiger partial charge on any atom is 0.255 e. The largest absolute Gasteiger partial charge is 0.491 e. The van der Waals surface area contributed by atoms with Crippen LogP contribution in [0.4, 0.5) is 0 Å². The van der Waals surface area contributed by atoms with Crippen molar-refractivity contribution < 1.29 is 23.9 Å². The quantitative estimate of drug-likeness (QED) is 0.415. The van der Waals surface area contributed by atoms with Crippen molar-refractivity contribution in [2.24, 2.45) is 5.92 Å². The number of rotatable bonds is 6. The van der Waals surface area contributed by atoms with Crippen LogP contribution in [0.15, 0.2) is 24.3 Å². The van der Waals surface area contributed by atoms with Crippen molar-refractivity contribution in [3.63, 3.8) is 0 Å². The number of hydrogen-bond acceptors (Lipinski definition) is 6. The number of nitrogens with one attached hydrogen (secondary N) is 4. The maximum atomic E-state index is 13.5. The molecule has 1 fully saturated rings. The molecular formula is C28H43N5O5. The number of benzene rings is 1. The number of carbonyl (C=O) groups is 4. The van der Waals surface area contributed by atoms with Gasteiger partial charge in [0, 0.05) is 13.0 Å². The molecule has 0 radical (unpaired) electrons. The number of nitrogens with zero attached hydrogens (tertiary/aromatic N) is 1. The number of para-hydroxylation sites is 1. The van der Waals surface area contributed by atoms with E-state index in [1.165, 1.54) is 0 Å². The summed E-state index contributed by atoms with van der Waals surface area (Å²) in [4.78, 5) is 54.9. The highest BCUT2D eigenvalue weighted by Crippen LogP contribution is 2.31. The summed E-state index contributed by atoms with van der Waals surface area (Å²) in [6.07, 6.45) is 3.67. The van der Waals surface area contributed by atoms with Crippen LogP contribution in [-0.2, 0) is 14.4 Å². The Balaban J connectivity index is 1.87. The number of amides is 4. The molecule has 10 heteroatoms. The fraction of sp³-hybridized carbons (Fsp3) is 0.643. The summed E-state index contributed by atoms with van der Waals surface area (Å²) in [5.74, 6) is -0.893. The Morgan fingerprint density at radius 1 is 1.13 bits per heavy atom. The summed E-state index contributed by atoms with van der Waals surface area (Å²) in [6.45, 7) is 5.40. The Morgan fingerprint density at radius 2 is 1.84 bits per heavy atom. The Labute approximate surface area is 225 Å². The highest BCUT2D eigenvalue weighted by atomic mass is 16.5. The monoisotopic (exact) mass is 529 g/mol. The molecule has 38 heavy (non-hydrogen) atoms. The average molecular weight is 530 g/mol. The Hall–Kier alpha value is -3.14. The Kier molecular flexibility index (Phi) is 10.5. The van der Waals surface area contributed by atoms with Gasteiger partial charge in [0.25, 0.3) is 5.91 Å². The third kappa shape index (κ3) is 7.93. The smallest absolute Gasteiger partial charge is 0.255 e. The summed E-state index contributed by atoms with van der Waals surface area (Å²) in [7, 11) is 3.92. The van der Waals surface area contributed by atoms with Crippen LogP contribution in [0.5, 0.6) is 5.75 Å². The second-order valence-corrected chi connectivity index (χ2v) is 11.0. The zero-order chi connectivity index (χ0) is 27.7. The summed E-state index contributed by atoms with van der Waals surface area (Å²) in [6, 6.07) is 5.60. The SMILES string of the molecule is CC(C)[C@H]1COc2ccccc2C(=O)N[C@H](C(=O)NCCCN(C)C)CCC(=O)NC2(CCCC2)C(=O)N1. The topological polar surface area (TPSA) is 129 Å². The lowest BCUT2D eigenvalue weighted by molar-refractivity contribution is -0.134. The van der Waals surface area contributed by atoms with Crippen LogP contribution < -0.4 is 26.0 Å². The summed E-state index contributed by atoms with van der Waals surface area (Å²) < 4.78 is 6.06. The second kappa shape index (κ2) is 13.6. The van der Waals surface area contributed by atoms with Crippen molar-refractivity contribution in [2.75, 3.05) is 33.8 Å². The minimum absolute atomic E-state index is 0.00312.